The van der Waals surface area contributed by atoms with Gasteiger partial charge in [0.15, 0.2) is 0 Å². The molecule has 0 bridgehead atoms. The average Bonchev–Trinajstić information content (AvgIpc) is 2.88. The Labute approximate surface area is 201 Å². The van der Waals surface area contributed by atoms with E-state index in [2.05, 4.69) is 9.80 Å². The quantitative estimate of drug-likeness (QED) is 0.471. The molecule has 34 heavy (non-hydrogen) atoms. The Morgan fingerprint density at radius 2 is 1.44 bits per heavy atom. The zero-order chi connectivity index (χ0) is 23.7. The molecule has 8 nitrogen and oxygen atoms in total. The molecular formula is C25H32N4O4S. The molecule has 0 spiro atoms. The van der Waals surface area contributed by atoms with E-state index in [0.29, 0.717) is 36.8 Å². The maximum Gasteiger partial charge on any atom is 0.292 e. The molecule has 5 rings (SSSR count). The molecule has 2 fully saturated rings. The Bertz CT molecular complexity index is 1170. The highest BCUT2D eigenvalue weighted by molar-refractivity contribution is 7.89. The van der Waals surface area contributed by atoms with E-state index in [4.69, 9.17) is 0 Å². The minimum Gasteiger partial charge on any atom is -0.369 e. The Hall–Kier alpha value is -2.65. The van der Waals surface area contributed by atoms with Gasteiger partial charge < -0.3 is 9.80 Å². The standard InChI is InChI=1S/C25H32N4O4S/c30-29(31)24-11-9-22(19-25(24)27-12-4-1-5-13-27)26-14-16-28(17-15-26)34(32,33)23-10-8-20-6-2-3-7-21(20)18-23/h8-11,18-19H,1-7,12-17H2. The summed E-state index contributed by atoms with van der Waals surface area (Å²) in [6.45, 7) is 3.57. The summed E-state index contributed by atoms with van der Waals surface area (Å²) in [6.07, 6.45) is 7.51. The first-order chi connectivity index (χ1) is 16.4. The van der Waals surface area contributed by atoms with Crippen LogP contribution < -0.4 is 9.80 Å². The van der Waals surface area contributed by atoms with Crippen molar-refractivity contribution in [3.63, 3.8) is 0 Å². The van der Waals surface area contributed by atoms with Gasteiger partial charge in [-0.2, -0.15) is 4.31 Å². The van der Waals surface area contributed by atoms with Gasteiger partial charge in [0.25, 0.3) is 5.69 Å². The molecular weight excluding hydrogens is 452 g/mol. The van der Waals surface area contributed by atoms with Gasteiger partial charge in [-0.25, -0.2) is 8.42 Å². The number of nitro groups is 1. The van der Waals surface area contributed by atoms with Gasteiger partial charge in [0.05, 0.1) is 9.82 Å². The Kier molecular flexibility index (Phi) is 6.48. The highest BCUT2D eigenvalue weighted by Gasteiger charge is 2.30. The van der Waals surface area contributed by atoms with E-state index in [1.807, 2.05) is 18.2 Å². The van der Waals surface area contributed by atoms with E-state index >= 15 is 0 Å². The first-order valence-corrected chi connectivity index (χ1v) is 13.8. The van der Waals surface area contributed by atoms with Crippen LogP contribution in [-0.4, -0.2) is 56.9 Å². The second kappa shape index (κ2) is 9.54. The summed E-state index contributed by atoms with van der Waals surface area (Å²) in [4.78, 5) is 16.0. The highest BCUT2D eigenvalue weighted by atomic mass is 32.2. The predicted octanol–water partition coefficient (Wildman–Crippen LogP) is 3.97. The van der Waals surface area contributed by atoms with Crippen LogP contribution in [0.4, 0.5) is 17.1 Å². The molecule has 2 aliphatic heterocycles. The lowest BCUT2D eigenvalue weighted by atomic mass is 9.92. The summed E-state index contributed by atoms with van der Waals surface area (Å²) in [6, 6.07) is 10.9. The smallest absolute Gasteiger partial charge is 0.292 e. The predicted molar refractivity (Wildman–Crippen MR) is 133 cm³/mol. The van der Waals surface area contributed by atoms with Gasteiger partial charge in [0.2, 0.25) is 10.0 Å². The topological polar surface area (TPSA) is 87.0 Å². The molecule has 0 N–H and O–H groups in total. The van der Waals surface area contributed by atoms with Crippen LogP contribution in [0.1, 0.15) is 43.2 Å². The van der Waals surface area contributed by atoms with E-state index < -0.39 is 10.0 Å². The van der Waals surface area contributed by atoms with Crippen molar-refractivity contribution in [1.29, 1.82) is 0 Å². The molecule has 2 heterocycles. The first-order valence-electron chi connectivity index (χ1n) is 12.3. The van der Waals surface area contributed by atoms with E-state index in [9.17, 15) is 18.5 Å². The number of anilines is 2. The number of sulfonamides is 1. The lowest BCUT2D eigenvalue weighted by molar-refractivity contribution is -0.384. The molecule has 0 saturated carbocycles. The SMILES string of the molecule is O=[N+]([O-])c1ccc(N2CCN(S(=O)(=O)c3ccc4c(c3)CCCC4)CC2)cc1N1CCCCC1. The second-order valence-corrected chi connectivity index (χ2v) is 11.4. The molecule has 0 amide bonds. The number of nitro benzene ring substituents is 1. The van der Waals surface area contributed by atoms with Crippen molar-refractivity contribution in [2.24, 2.45) is 0 Å². The number of piperazine rings is 1. The molecule has 2 aromatic rings. The summed E-state index contributed by atoms with van der Waals surface area (Å²) in [5.41, 5.74) is 4.17. The van der Waals surface area contributed by atoms with Gasteiger partial charge in [-0.15, -0.1) is 0 Å². The molecule has 0 unspecified atom stereocenters. The van der Waals surface area contributed by atoms with Crippen LogP contribution in [0.25, 0.3) is 0 Å². The number of hydrogen-bond acceptors (Lipinski definition) is 6. The molecule has 0 atom stereocenters. The molecule has 2 saturated heterocycles. The first kappa shape index (κ1) is 23.1. The van der Waals surface area contributed by atoms with Gasteiger partial charge in [0.1, 0.15) is 5.69 Å². The van der Waals surface area contributed by atoms with E-state index in [1.54, 1.807) is 22.5 Å². The molecule has 182 valence electrons. The number of benzene rings is 2. The molecule has 9 heteroatoms. The third kappa shape index (κ3) is 4.51. The third-order valence-electron chi connectivity index (χ3n) is 7.41. The van der Waals surface area contributed by atoms with Crippen LogP contribution in [0.5, 0.6) is 0 Å². The lowest BCUT2D eigenvalue weighted by Gasteiger charge is -2.36. The number of nitrogens with zero attached hydrogens (tertiary/aromatic N) is 4. The summed E-state index contributed by atoms with van der Waals surface area (Å²) in [5, 5.41) is 11.6. The van der Waals surface area contributed by atoms with Crippen LogP contribution in [0.15, 0.2) is 41.3 Å². The second-order valence-electron chi connectivity index (χ2n) is 9.51. The number of aryl methyl sites for hydroxylation is 2. The third-order valence-corrected chi connectivity index (χ3v) is 9.31. The van der Waals surface area contributed by atoms with E-state index in [1.165, 1.54) is 17.5 Å². The fraction of sp³-hybridized carbons (Fsp3) is 0.520. The fourth-order valence-electron chi connectivity index (χ4n) is 5.46. The molecule has 0 radical (unpaired) electrons. The fourth-order valence-corrected chi connectivity index (χ4v) is 6.93. The number of rotatable bonds is 5. The zero-order valence-corrected chi connectivity index (χ0v) is 20.3. The van der Waals surface area contributed by atoms with Crippen molar-refractivity contribution >= 4 is 27.1 Å². The summed E-state index contributed by atoms with van der Waals surface area (Å²) in [7, 11) is -3.54. The highest BCUT2D eigenvalue weighted by Crippen LogP contribution is 2.35. The minimum absolute atomic E-state index is 0.138. The normalized spacial score (nSPS) is 19.6. The van der Waals surface area contributed by atoms with Gasteiger partial charge >= 0.3 is 0 Å². The van der Waals surface area contributed by atoms with Gasteiger partial charge in [-0.1, -0.05) is 6.07 Å². The van der Waals surface area contributed by atoms with Crippen molar-refractivity contribution in [3.8, 4) is 0 Å². The Morgan fingerprint density at radius 1 is 0.735 bits per heavy atom. The molecule has 2 aromatic carbocycles. The van der Waals surface area contributed by atoms with Crippen molar-refractivity contribution in [3.05, 3.63) is 57.6 Å². The van der Waals surface area contributed by atoms with E-state index in [-0.39, 0.29) is 10.6 Å². The molecule has 0 aromatic heterocycles. The number of piperidine rings is 1. The van der Waals surface area contributed by atoms with Crippen LogP contribution in [0.2, 0.25) is 0 Å². The van der Waals surface area contributed by atoms with Crippen molar-refractivity contribution in [2.75, 3.05) is 49.1 Å². The zero-order valence-electron chi connectivity index (χ0n) is 19.5. The van der Waals surface area contributed by atoms with Crippen LogP contribution in [-0.2, 0) is 22.9 Å². The maximum atomic E-state index is 13.3. The van der Waals surface area contributed by atoms with Crippen LogP contribution in [0.3, 0.4) is 0 Å². The molecule has 3 aliphatic rings. The summed E-state index contributed by atoms with van der Waals surface area (Å²) < 4.78 is 28.2. The van der Waals surface area contributed by atoms with Crippen molar-refractivity contribution in [1.82, 2.24) is 4.31 Å². The number of hydrogen-bond donors (Lipinski definition) is 0. The maximum absolute atomic E-state index is 13.3. The van der Waals surface area contributed by atoms with E-state index in [0.717, 1.165) is 57.3 Å². The van der Waals surface area contributed by atoms with Gasteiger partial charge in [-0.05, 0) is 80.3 Å². The Balaban J connectivity index is 1.31. The lowest BCUT2D eigenvalue weighted by Crippen LogP contribution is -2.48. The van der Waals surface area contributed by atoms with Gasteiger partial charge in [0, 0.05) is 51.0 Å². The van der Waals surface area contributed by atoms with Gasteiger partial charge in [-0.3, -0.25) is 10.1 Å². The largest absolute Gasteiger partial charge is 0.369 e. The average molecular weight is 485 g/mol. The van der Waals surface area contributed by atoms with Crippen molar-refractivity contribution in [2.45, 2.75) is 49.8 Å². The number of fused-ring (bicyclic) bond motifs is 1. The van der Waals surface area contributed by atoms with Crippen LogP contribution in [0, 0.1) is 10.1 Å². The van der Waals surface area contributed by atoms with Crippen LogP contribution >= 0.6 is 0 Å². The minimum atomic E-state index is -3.54. The summed E-state index contributed by atoms with van der Waals surface area (Å²) >= 11 is 0. The Morgan fingerprint density at radius 3 is 2.15 bits per heavy atom. The molecule has 1 aliphatic carbocycles. The van der Waals surface area contributed by atoms with Crippen molar-refractivity contribution < 1.29 is 13.3 Å². The summed E-state index contributed by atoms with van der Waals surface area (Å²) in [5.74, 6) is 0. The monoisotopic (exact) mass is 484 g/mol.